The molecule has 1 aromatic heterocycles. The van der Waals surface area contributed by atoms with Gasteiger partial charge in [0.25, 0.3) is 21.8 Å². The van der Waals surface area contributed by atoms with Gasteiger partial charge in [-0.1, -0.05) is 31.2 Å². The predicted molar refractivity (Wildman–Crippen MR) is 175 cm³/mol. The van der Waals surface area contributed by atoms with Crippen LogP contribution in [0.15, 0.2) is 70.3 Å². The molecule has 45 heavy (non-hydrogen) atoms. The highest BCUT2D eigenvalue weighted by Gasteiger charge is 2.31. The van der Waals surface area contributed by atoms with Crippen molar-refractivity contribution in [3.05, 3.63) is 77.2 Å². The summed E-state index contributed by atoms with van der Waals surface area (Å²) in [6.07, 6.45) is 1.73. The van der Waals surface area contributed by atoms with Gasteiger partial charge in [-0.3, -0.25) is 14.3 Å². The molecule has 0 radical (unpaired) electrons. The minimum absolute atomic E-state index is 0.125. The number of nitrogens with zero attached hydrogens (tertiary/aromatic N) is 2. The normalized spacial score (nSPS) is 20.8. The molecule has 0 saturated carbocycles. The van der Waals surface area contributed by atoms with E-state index in [0.29, 0.717) is 30.9 Å². The van der Waals surface area contributed by atoms with Crippen molar-refractivity contribution in [2.45, 2.75) is 62.5 Å². The topological polar surface area (TPSA) is 125 Å². The van der Waals surface area contributed by atoms with Crippen molar-refractivity contribution in [1.29, 1.82) is 0 Å². The average Bonchev–Trinajstić information content (AvgIpc) is 3.59. The average molecular weight is 658 g/mol. The van der Waals surface area contributed by atoms with Crippen molar-refractivity contribution >= 4 is 38.9 Å². The molecule has 0 unspecified atom stereocenters. The summed E-state index contributed by atoms with van der Waals surface area (Å²) < 4.78 is 41.2. The van der Waals surface area contributed by atoms with Gasteiger partial charge in [-0.05, 0) is 74.9 Å². The Labute approximate surface area is 270 Å². The predicted octanol–water partition coefficient (Wildman–Crippen LogP) is 5.12. The Morgan fingerprint density at radius 3 is 2.58 bits per heavy atom. The molecule has 4 atom stereocenters. The number of hydrogen-bond donors (Lipinski definition) is 2. The van der Waals surface area contributed by atoms with E-state index in [1.807, 2.05) is 32.0 Å². The molecule has 2 heterocycles. The van der Waals surface area contributed by atoms with E-state index < -0.39 is 22.0 Å². The molecule has 12 heteroatoms. The lowest BCUT2D eigenvalue weighted by Crippen LogP contribution is -2.48. The molecule has 0 fully saturated rings. The molecular formula is C33H43N3O7S2. The van der Waals surface area contributed by atoms with Gasteiger partial charge in [-0.25, -0.2) is 8.42 Å². The van der Waals surface area contributed by atoms with E-state index in [-0.39, 0.29) is 52.6 Å². The Hall–Kier alpha value is -3.45. The molecule has 2 aromatic carbocycles. The molecule has 244 valence electrons. The summed E-state index contributed by atoms with van der Waals surface area (Å²) in [5.41, 5.74) is 0.988. The van der Waals surface area contributed by atoms with Crippen LogP contribution in [0, 0.1) is 5.92 Å². The third-order valence-electron chi connectivity index (χ3n) is 7.88. The molecule has 10 nitrogen and oxygen atoms in total. The number of rotatable bonds is 8. The van der Waals surface area contributed by atoms with Gasteiger partial charge in [-0.15, -0.1) is 11.3 Å². The summed E-state index contributed by atoms with van der Waals surface area (Å²) in [5, 5.41) is 11.9. The van der Waals surface area contributed by atoms with Crippen LogP contribution in [0.25, 0.3) is 0 Å². The molecular weight excluding hydrogens is 615 g/mol. The number of sulfonamides is 1. The minimum Gasteiger partial charge on any atom is -0.490 e. The van der Waals surface area contributed by atoms with Crippen LogP contribution < -0.4 is 9.46 Å². The van der Waals surface area contributed by atoms with Crippen molar-refractivity contribution in [3.63, 3.8) is 0 Å². The van der Waals surface area contributed by atoms with Crippen LogP contribution in [0.4, 0.5) is 5.69 Å². The number of aliphatic hydroxyl groups is 1. The van der Waals surface area contributed by atoms with E-state index in [0.717, 1.165) is 24.2 Å². The molecule has 0 saturated heterocycles. The smallest absolute Gasteiger partial charge is 0.271 e. The second-order valence-corrected chi connectivity index (χ2v) is 14.5. The molecule has 2 amide bonds. The summed E-state index contributed by atoms with van der Waals surface area (Å²) in [5.74, 6) is -0.416. The third-order valence-corrected chi connectivity index (χ3v) is 10.7. The maximum atomic E-state index is 14.3. The monoisotopic (exact) mass is 657 g/mol. The Bertz CT molecular complexity index is 1520. The van der Waals surface area contributed by atoms with E-state index in [2.05, 4.69) is 4.72 Å². The lowest BCUT2D eigenvalue weighted by molar-refractivity contribution is -0.0149. The van der Waals surface area contributed by atoms with Crippen LogP contribution in [-0.2, 0) is 14.8 Å². The van der Waals surface area contributed by atoms with E-state index in [1.165, 1.54) is 12.1 Å². The summed E-state index contributed by atoms with van der Waals surface area (Å²) in [6, 6.07) is 16.3. The van der Waals surface area contributed by atoms with E-state index in [4.69, 9.17) is 9.47 Å². The molecule has 0 bridgehead atoms. The zero-order valence-corrected chi connectivity index (χ0v) is 27.9. The number of ether oxygens (including phenoxy) is 2. The summed E-state index contributed by atoms with van der Waals surface area (Å²) in [7, 11) is -2.11. The maximum Gasteiger partial charge on any atom is 0.271 e. The van der Waals surface area contributed by atoms with E-state index in [1.54, 1.807) is 59.5 Å². The van der Waals surface area contributed by atoms with Crippen LogP contribution in [0.2, 0.25) is 0 Å². The summed E-state index contributed by atoms with van der Waals surface area (Å²) >= 11 is 1.10. The van der Waals surface area contributed by atoms with Crippen molar-refractivity contribution < 1.29 is 32.6 Å². The van der Waals surface area contributed by atoms with Gasteiger partial charge in [0.1, 0.15) is 9.96 Å². The number of benzene rings is 2. The van der Waals surface area contributed by atoms with Crippen LogP contribution in [-0.4, -0.2) is 86.7 Å². The Morgan fingerprint density at radius 2 is 1.89 bits per heavy atom. The lowest BCUT2D eigenvalue weighted by atomic mass is 10.0. The van der Waals surface area contributed by atoms with Gasteiger partial charge in [0.15, 0.2) is 0 Å². The number of aliphatic hydroxyl groups excluding tert-OH is 1. The number of likely N-dealkylation sites (N-methyl/N-ethyl adjacent to an activating group) is 1. The fraction of sp³-hybridized carbons (Fsp3) is 0.455. The van der Waals surface area contributed by atoms with Gasteiger partial charge >= 0.3 is 0 Å². The Balaban J connectivity index is 1.65. The first-order valence-electron chi connectivity index (χ1n) is 15.2. The largest absolute Gasteiger partial charge is 0.490 e. The molecule has 3 aromatic rings. The van der Waals surface area contributed by atoms with Crippen LogP contribution >= 0.6 is 11.3 Å². The van der Waals surface area contributed by atoms with Gasteiger partial charge in [0.2, 0.25) is 0 Å². The molecule has 1 aliphatic heterocycles. The maximum absolute atomic E-state index is 14.3. The van der Waals surface area contributed by atoms with Crippen LogP contribution in [0.3, 0.4) is 0 Å². The highest BCUT2D eigenvalue weighted by Crippen LogP contribution is 2.30. The lowest BCUT2D eigenvalue weighted by Gasteiger charge is -2.36. The number of nitrogens with one attached hydrogen (secondary N) is 1. The first kappa shape index (κ1) is 34.4. The highest BCUT2D eigenvalue weighted by atomic mass is 32.2. The second kappa shape index (κ2) is 15.7. The van der Waals surface area contributed by atoms with Gasteiger partial charge < -0.3 is 24.4 Å². The number of hydrogen-bond acceptors (Lipinski definition) is 8. The van der Waals surface area contributed by atoms with Crippen molar-refractivity contribution in [2.24, 2.45) is 5.92 Å². The van der Waals surface area contributed by atoms with Crippen molar-refractivity contribution in [3.8, 4) is 5.75 Å². The first-order valence-corrected chi connectivity index (χ1v) is 17.6. The zero-order valence-electron chi connectivity index (χ0n) is 26.2. The fourth-order valence-corrected chi connectivity index (χ4v) is 7.27. The van der Waals surface area contributed by atoms with Gasteiger partial charge in [0, 0.05) is 43.9 Å². The number of carbonyl (C=O) groups is 2. The Kier molecular flexibility index (Phi) is 12.0. The van der Waals surface area contributed by atoms with Crippen molar-refractivity contribution in [1.82, 2.24) is 9.80 Å². The van der Waals surface area contributed by atoms with E-state index >= 15 is 0 Å². The molecule has 1 aliphatic rings. The first-order chi connectivity index (χ1) is 21.5. The SMILES string of the molecule is C[C@@H]1CN([C@H](C)CO)C(=O)c2cc(NS(=O)(=O)c3cccs3)ccc2O[C@@H](C)CCCCO[C@@H]1CN(C)C(=O)c1ccccc1. The highest BCUT2D eigenvalue weighted by molar-refractivity contribution is 7.94. The fourth-order valence-electron chi connectivity index (χ4n) is 5.22. The number of carbonyl (C=O) groups excluding carboxylic acids is 2. The molecule has 0 aliphatic carbocycles. The number of fused-ring (bicyclic) bond motifs is 1. The quantitative estimate of drug-likeness (QED) is 0.345. The second-order valence-electron chi connectivity index (χ2n) is 11.6. The van der Waals surface area contributed by atoms with Crippen LogP contribution in [0.1, 0.15) is 60.7 Å². The van der Waals surface area contributed by atoms with Gasteiger partial charge in [-0.2, -0.15) is 0 Å². The Morgan fingerprint density at radius 1 is 1.13 bits per heavy atom. The molecule has 4 rings (SSSR count). The molecule has 0 spiro atoms. The summed E-state index contributed by atoms with van der Waals surface area (Å²) in [6.45, 7) is 6.38. The van der Waals surface area contributed by atoms with Gasteiger partial charge in [0.05, 0.1) is 30.4 Å². The third kappa shape index (κ3) is 9.06. The van der Waals surface area contributed by atoms with E-state index in [9.17, 15) is 23.1 Å². The molecule has 2 N–H and O–H groups in total. The van der Waals surface area contributed by atoms with Crippen LogP contribution in [0.5, 0.6) is 5.75 Å². The number of thiophene rings is 1. The van der Waals surface area contributed by atoms with Crippen molar-refractivity contribution in [2.75, 3.05) is 38.1 Å². The standard InChI is InChI=1S/C33H43N3O7S2/c1-23-20-36(24(2)22-37)33(39)28-19-27(34-45(40,41)31-14-10-18-44-31)15-16-29(28)43-25(3)11-8-9-17-42-30(23)21-35(4)32(38)26-12-6-5-7-13-26/h5-7,10,12-16,18-19,23-25,30,34,37H,8-9,11,17,20-22H2,1-4H3/t23-,24-,25+,30-/m1/s1. The number of amides is 2. The minimum atomic E-state index is -3.85. The summed E-state index contributed by atoms with van der Waals surface area (Å²) in [4.78, 5) is 30.6. The zero-order chi connectivity index (χ0) is 32.6. The number of anilines is 1.